The zero-order chi connectivity index (χ0) is 18.1. The minimum atomic E-state index is -0.507. The lowest BCUT2D eigenvalue weighted by Gasteiger charge is -2.17. The van der Waals surface area contributed by atoms with E-state index in [1.54, 1.807) is 11.0 Å². The Morgan fingerprint density at radius 3 is 2.77 bits per heavy atom. The van der Waals surface area contributed by atoms with E-state index in [4.69, 9.17) is 4.74 Å². The van der Waals surface area contributed by atoms with Gasteiger partial charge in [-0.15, -0.1) is 0 Å². The standard InChI is InChI=1S/C21H18N2O3/c1-14-12-17(16-7-3-4-8-18(16)22-14)21(25)26-13-20(24)23-11-10-15-6-2-5-9-19(15)23/h2-9,12H,10-11,13H2,1H3. The topological polar surface area (TPSA) is 59.5 Å². The summed E-state index contributed by atoms with van der Waals surface area (Å²) in [4.78, 5) is 31.2. The first-order valence-electron chi connectivity index (χ1n) is 8.55. The molecule has 26 heavy (non-hydrogen) atoms. The maximum absolute atomic E-state index is 12.6. The molecule has 0 radical (unpaired) electrons. The summed E-state index contributed by atoms with van der Waals surface area (Å²) in [5, 5.41) is 0.724. The van der Waals surface area contributed by atoms with Gasteiger partial charge in [-0.05, 0) is 37.1 Å². The first-order valence-corrected chi connectivity index (χ1v) is 8.55. The molecule has 0 spiro atoms. The van der Waals surface area contributed by atoms with Gasteiger partial charge in [0.25, 0.3) is 5.91 Å². The van der Waals surface area contributed by atoms with Gasteiger partial charge in [-0.1, -0.05) is 36.4 Å². The second kappa shape index (κ2) is 6.59. The Labute approximate surface area is 151 Å². The number of ether oxygens (including phenoxy) is 1. The van der Waals surface area contributed by atoms with Gasteiger partial charge < -0.3 is 9.64 Å². The second-order valence-corrected chi connectivity index (χ2v) is 6.33. The summed E-state index contributed by atoms with van der Waals surface area (Å²) in [6, 6.07) is 16.9. The normalized spacial score (nSPS) is 12.9. The number of aryl methyl sites for hydroxylation is 1. The number of rotatable bonds is 3. The molecule has 0 fully saturated rings. The molecule has 1 aliphatic heterocycles. The third-order valence-electron chi connectivity index (χ3n) is 4.58. The fourth-order valence-corrected chi connectivity index (χ4v) is 3.36. The Kier molecular flexibility index (Phi) is 4.13. The summed E-state index contributed by atoms with van der Waals surface area (Å²) in [6.45, 7) is 2.17. The van der Waals surface area contributed by atoms with E-state index in [1.165, 1.54) is 0 Å². The first kappa shape index (κ1) is 16.3. The minimum Gasteiger partial charge on any atom is -0.452 e. The zero-order valence-corrected chi connectivity index (χ0v) is 14.4. The summed E-state index contributed by atoms with van der Waals surface area (Å²) >= 11 is 0. The molecule has 4 rings (SSSR count). The largest absolute Gasteiger partial charge is 0.452 e. The van der Waals surface area contributed by atoms with Crippen molar-refractivity contribution in [2.24, 2.45) is 0 Å². The van der Waals surface area contributed by atoms with E-state index in [0.717, 1.165) is 34.3 Å². The van der Waals surface area contributed by atoms with Crippen molar-refractivity contribution in [3.8, 4) is 0 Å². The lowest BCUT2D eigenvalue weighted by molar-refractivity contribution is -0.121. The number of hydrogen-bond donors (Lipinski definition) is 0. The van der Waals surface area contributed by atoms with Crippen LogP contribution in [0.5, 0.6) is 0 Å². The maximum Gasteiger partial charge on any atom is 0.339 e. The highest BCUT2D eigenvalue weighted by molar-refractivity contribution is 6.05. The quantitative estimate of drug-likeness (QED) is 0.683. The van der Waals surface area contributed by atoms with Gasteiger partial charge in [0.15, 0.2) is 6.61 Å². The van der Waals surface area contributed by atoms with Crippen LogP contribution in [0.1, 0.15) is 21.6 Å². The third-order valence-corrected chi connectivity index (χ3v) is 4.58. The first-order chi connectivity index (χ1) is 12.6. The van der Waals surface area contributed by atoms with Crippen molar-refractivity contribution in [3.05, 3.63) is 71.4 Å². The van der Waals surface area contributed by atoms with Gasteiger partial charge in [0.2, 0.25) is 0 Å². The SMILES string of the molecule is Cc1cc(C(=O)OCC(=O)N2CCc3ccccc32)c2ccccc2n1. The smallest absolute Gasteiger partial charge is 0.339 e. The number of anilines is 1. The van der Waals surface area contributed by atoms with Crippen molar-refractivity contribution in [3.63, 3.8) is 0 Å². The zero-order valence-electron chi connectivity index (χ0n) is 14.4. The highest BCUT2D eigenvalue weighted by Crippen LogP contribution is 2.27. The average Bonchev–Trinajstić information content (AvgIpc) is 3.09. The molecule has 0 saturated heterocycles. The molecule has 0 aliphatic carbocycles. The van der Waals surface area contributed by atoms with Crippen LogP contribution in [0.2, 0.25) is 0 Å². The third kappa shape index (κ3) is 2.92. The number of amides is 1. The van der Waals surface area contributed by atoms with Gasteiger partial charge in [0.1, 0.15) is 0 Å². The molecular formula is C21H18N2O3. The van der Waals surface area contributed by atoms with Gasteiger partial charge in [0.05, 0.1) is 11.1 Å². The average molecular weight is 346 g/mol. The highest BCUT2D eigenvalue weighted by Gasteiger charge is 2.25. The molecule has 5 heteroatoms. The van der Waals surface area contributed by atoms with E-state index < -0.39 is 5.97 Å². The van der Waals surface area contributed by atoms with Crippen molar-refractivity contribution in [2.45, 2.75) is 13.3 Å². The molecule has 0 N–H and O–H groups in total. The van der Waals surface area contributed by atoms with Crippen LogP contribution in [0.4, 0.5) is 5.69 Å². The number of para-hydroxylation sites is 2. The summed E-state index contributed by atoms with van der Waals surface area (Å²) in [6.07, 6.45) is 0.823. The van der Waals surface area contributed by atoms with Gasteiger partial charge in [-0.3, -0.25) is 9.78 Å². The number of carbonyl (C=O) groups is 2. The number of hydrogen-bond acceptors (Lipinski definition) is 4. The molecule has 0 bridgehead atoms. The number of benzene rings is 2. The van der Waals surface area contributed by atoms with E-state index in [2.05, 4.69) is 4.98 Å². The number of aromatic nitrogens is 1. The van der Waals surface area contributed by atoms with Crippen LogP contribution < -0.4 is 4.90 Å². The molecule has 0 atom stereocenters. The molecule has 130 valence electrons. The van der Waals surface area contributed by atoms with Gasteiger partial charge in [-0.2, -0.15) is 0 Å². The lowest BCUT2D eigenvalue weighted by Crippen LogP contribution is -2.33. The summed E-state index contributed by atoms with van der Waals surface area (Å²) < 4.78 is 5.32. The van der Waals surface area contributed by atoms with Crippen molar-refractivity contribution < 1.29 is 14.3 Å². The predicted molar refractivity (Wildman–Crippen MR) is 99.3 cm³/mol. The van der Waals surface area contributed by atoms with Crippen LogP contribution in [0.25, 0.3) is 10.9 Å². The Balaban J connectivity index is 1.51. The van der Waals surface area contributed by atoms with Crippen LogP contribution >= 0.6 is 0 Å². The maximum atomic E-state index is 12.6. The number of nitrogens with zero attached hydrogens (tertiary/aromatic N) is 2. The molecule has 1 aliphatic rings. The fourth-order valence-electron chi connectivity index (χ4n) is 3.36. The molecule has 0 unspecified atom stereocenters. The van der Waals surface area contributed by atoms with Crippen molar-refractivity contribution >= 4 is 28.5 Å². The van der Waals surface area contributed by atoms with Crippen molar-refractivity contribution in [1.29, 1.82) is 0 Å². The molecule has 5 nitrogen and oxygen atoms in total. The Hall–Kier alpha value is -3.21. The fraction of sp³-hybridized carbons (Fsp3) is 0.190. The predicted octanol–water partition coefficient (Wildman–Crippen LogP) is 3.29. The van der Waals surface area contributed by atoms with Crippen molar-refractivity contribution in [1.82, 2.24) is 4.98 Å². The second-order valence-electron chi connectivity index (χ2n) is 6.33. The van der Waals surface area contributed by atoms with E-state index in [1.807, 2.05) is 55.5 Å². The van der Waals surface area contributed by atoms with Gasteiger partial charge >= 0.3 is 5.97 Å². The number of pyridine rings is 1. The molecule has 3 aromatic rings. The summed E-state index contributed by atoms with van der Waals surface area (Å²) in [5.74, 6) is -0.717. The van der Waals surface area contributed by atoms with Crippen molar-refractivity contribution in [2.75, 3.05) is 18.1 Å². The van der Waals surface area contributed by atoms with Crippen LogP contribution in [0.3, 0.4) is 0 Å². The van der Waals surface area contributed by atoms with E-state index >= 15 is 0 Å². The number of carbonyl (C=O) groups excluding carboxylic acids is 2. The highest BCUT2D eigenvalue weighted by atomic mass is 16.5. The molecule has 2 aromatic carbocycles. The van der Waals surface area contributed by atoms with E-state index in [-0.39, 0.29) is 12.5 Å². The Bertz CT molecular complexity index is 1010. The Morgan fingerprint density at radius 2 is 1.88 bits per heavy atom. The van der Waals surface area contributed by atoms with E-state index in [9.17, 15) is 9.59 Å². The van der Waals surface area contributed by atoms with E-state index in [0.29, 0.717) is 12.1 Å². The summed E-state index contributed by atoms with van der Waals surface area (Å²) in [5.41, 5.74) is 3.94. The minimum absolute atomic E-state index is 0.210. The van der Waals surface area contributed by atoms with Crippen LogP contribution in [0.15, 0.2) is 54.6 Å². The van der Waals surface area contributed by atoms with Crippen LogP contribution in [-0.4, -0.2) is 30.0 Å². The Morgan fingerprint density at radius 1 is 1.12 bits per heavy atom. The molecule has 2 heterocycles. The lowest BCUT2D eigenvalue weighted by atomic mass is 10.1. The molecule has 1 aromatic heterocycles. The molecule has 0 saturated carbocycles. The van der Waals surface area contributed by atoms with Gasteiger partial charge in [0, 0.05) is 23.3 Å². The summed E-state index contributed by atoms with van der Waals surface area (Å²) in [7, 11) is 0. The molecule has 1 amide bonds. The van der Waals surface area contributed by atoms with Crippen LogP contribution in [0, 0.1) is 6.92 Å². The molecular weight excluding hydrogens is 328 g/mol. The number of fused-ring (bicyclic) bond motifs is 2. The monoisotopic (exact) mass is 346 g/mol. The van der Waals surface area contributed by atoms with Gasteiger partial charge in [-0.25, -0.2) is 4.79 Å². The number of esters is 1. The van der Waals surface area contributed by atoms with Crippen LogP contribution in [-0.2, 0) is 16.0 Å².